The Morgan fingerprint density at radius 2 is 1.80 bits per heavy atom. The molecule has 1 N–H and O–H groups in total. The molecule has 0 amide bonds. The van der Waals surface area contributed by atoms with Crippen molar-refractivity contribution in [2.24, 2.45) is 11.3 Å². The van der Waals surface area contributed by atoms with Crippen molar-refractivity contribution >= 4 is 0 Å². The van der Waals surface area contributed by atoms with E-state index in [1.807, 2.05) is 0 Å². The molecule has 0 aromatic rings. The number of nitrogens with one attached hydrogen (secondary N) is 1. The van der Waals surface area contributed by atoms with Gasteiger partial charge in [-0.3, -0.25) is 0 Å². The third-order valence-corrected chi connectivity index (χ3v) is 6.06. The molecule has 0 saturated heterocycles. The molecule has 2 atom stereocenters. The molecule has 0 spiro atoms. The maximum Gasteiger partial charge on any atom is 0.00924 e. The normalized spacial score (nSPS) is 35.9. The highest BCUT2D eigenvalue weighted by molar-refractivity contribution is 4.93. The van der Waals surface area contributed by atoms with Crippen LogP contribution < -0.4 is 5.32 Å². The van der Waals surface area contributed by atoms with Gasteiger partial charge in [0.05, 0.1) is 0 Å². The molecule has 0 aliphatic heterocycles. The molecule has 2 nitrogen and oxygen atoms in total. The van der Waals surface area contributed by atoms with Crippen LogP contribution in [0.3, 0.4) is 0 Å². The second-order valence-corrected chi connectivity index (χ2v) is 8.21. The molecule has 0 bridgehead atoms. The molecule has 3 saturated carbocycles. The molecular formula is C18H34N2. The molecule has 2 heteroatoms. The predicted octanol–water partition coefficient (Wildman–Crippen LogP) is 3.81. The molecule has 3 fully saturated rings. The zero-order chi connectivity index (χ0) is 14.0. The molecule has 0 heterocycles. The number of hydrogen-bond donors (Lipinski definition) is 1. The van der Waals surface area contributed by atoms with E-state index < -0.39 is 0 Å². The maximum atomic E-state index is 3.86. The lowest BCUT2D eigenvalue weighted by Crippen LogP contribution is -2.48. The van der Waals surface area contributed by atoms with E-state index in [0.29, 0.717) is 5.41 Å². The SMILES string of the molecule is CC1CCCC(CNC2CC2)(CN(C)C2CCCC2)C1. The van der Waals surface area contributed by atoms with Crippen molar-refractivity contribution in [3.8, 4) is 0 Å². The minimum Gasteiger partial charge on any atom is -0.313 e. The summed E-state index contributed by atoms with van der Waals surface area (Å²) in [6, 6.07) is 1.74. The topological polar surface area (TPSA) is 15.3 Å². The van der Waals surface area contributed by atoms with Crippen LogP contribution >= 0.6 is 0 Å². The zero-order valence-corrected chi connectivity index (χ0v) is 13.7. The number of nitrogens with zero attached hydrogens (tertiary/aromatic N) is 1. The Morgan fingerprint density at radius 1 is 1.05 bits per heavy atom. The van der Waals surface area contributed by atoms with Crippen molar-refractivity contribution in [2.45, 2.75) is 83.2 Å². The highest BCUT2D eigenvalue weighted by atomic mass is 15.1. The van der Waals surface area contributed by atoms with E-state index in [2.05, 4.69) is 24.2 Å². The fourth-order valence-electron chi connectivity index (χ4n) is 4.78. The van der Waals surface area contributed by atoms with Gasteiger partial charge in [0.1, 0.15) is 0 Å². The van der Waals surface area contributed by atoms with Crippen LogP contribution in [0.4, 0.5) is 0 Å². The first-order valence-electron chi connectivity index (χ1n) is 9.10. The van der Waals surface area contributed by atoms with E-state index >= 15 is 0 Å². The molecule has 0 aromatic carbocycles. The van der Waals surface area contributed by atoms with Crippen molar-refractivity contribution in [3.63, 3.8) is 0 Å². The maximum absolute atomic E-state index is 3.86. The fourth-order valence-corrected chi connectivity index (χ4v) is 4.78. The molecule has 0 radical (unpaired) electrons. The summed E-state index contributed by atoms with van der Waals surface area (Å²) < 4.78 is 0. The number of rotatable bonds is 6. The van der Waals surface area contributed by atoms with Crippen LogP contribution in [0, 0.1) is 11.3 Å². The van der Waals surface area contributed by atoms with Gasteiger partial charge in [-0.05, 0) is 56.9 Å². The van der Waals surface area contributed by atoms with Gasteiger partial charge in [0.25, 0.3) is 0 Å². The van der Waals surface area contributed by atoms with Crippen LogP contribution in [-0.4, -0.2) is 37.1 Å². The van der Waals surface area contributed by atoms with Crippen molar-refractivity contribution in [2.75, 3.05) is 20.1 Å². The van der Waals surface area contributed by atoms with Gasteiger partial charge < -0.3 is 10.2 Å². The van der Waals surface area contributed by atoms with Gasteiger partial charge >= 0.3 is 0 Å². The monoisotopic (exact) mass is 278 g/mol. The van der Waals surface area contributed by atoms with E-state index in [0.717, 1.165) is 18.0 Å². The first-order valence-corrected chi connectivity index (χ1v) is 9.10. The molecular weight excluding hydrogens is 244 g/mol. The highest BCUT2D eigenvalue weighted by Gasteiger charge is 2.38. The minimum atomic E-state index is 0.567. The Hall–Kier alpha value is -0.0800. The molecule has 0 aromatic heterocycles. The lowest BCUT2D eigenvalue weighted by Gasteiger charge is -2.44. The number of hydrogen-bond acceptors (Lipinski definition) is 2. The molecule has 2 unspecified atom stereocenters. The van der Waals surface area contributed by atoms with E-state index in [1.165, 1.54) is 77.3 Å². The van der Waals surface area contributed by atoms with E-state index in [-0.39, 0.29) is 0 Å². The van der Waals surface area contributed by atoms with E-state index in [1.54, 1.807) is 0 Å². The van der Waals surface area contributed by atoms with Gasteiger partial charge in [0.15, 0.2) is 0 Å². The van der Waals surface area contributed by atoms with Crippen molar-refractivity contribution in [1.82, 2.24) is 10.2 Å². The van der Waals surface area contributed by atoms with Crippen LogP contribution in [0.5, 0.6) is 0 Å². The Balaban J connectivity index is 1.60. The summed E-state index contributed by atoms with van der Waals surface area (Å²) in [4.78, 5) is 2.72. The summed E-state index contributed by atoms with van der Waals surface area (Å²) in [6.07, 6.45) is 14.4. The molecule has 3 aliphatic carbocycles. The molecule has 3 aliphatic rings. The summed E-state index contributed by atoms with van der Waals surface area (Å²) in [5, 5.41) is 3.86. The average Bonchev–Trinajstić information content (AvgIpc) is 3.08. The van der Waals surface area contributed by atoms with Gasteiger partial charge in [-0.2, -0.15) is 0 Å². The molecule has 116 valence electrons. The second-order valence-electron chi connectivity index (χ2n) is 8.21. The Kier molecular flexibility index (Phi) is 4.72. The third-order valence-electron chi connectivity index (χ3n) is 6.06. The van der Waals surface area contributed by atoms with E-state index in [9.17, 15) is 0 Å². The highest BCUT2D eigenvalue weighted by Crippen LogP contribution is 2.41. The van der Waals surface area contributed by atoms with Crippen LogP contribution in [0.2, 0.25) is 0 Å². The van der Waals surface area contributed by atoms with Crippen LogP contribution in [0.25, 0.3) is 0 Å². The van der Waals surface area contributed by atoms with Crippen LogP contribution in [0.15, 0.2) is 0 Å². The summed E-state index contributed by atoms with van der Waals surface area (Å²) in [5.41, 5.74) is 0.567. The summed E-state index contributed by atoms with van der Waals surface area (Å²) in [7, 11) is 2.40. The molecule has 3 rings (SSSR count). The third kappa shape index (κ3) is 3.76. The Morgan fingerprint density at radius 3 is 2.45 bits per heavy atom. The van der Waals surface area contributed by atoms with Crippen molar-refractivity contribution < 1.29 is 0 Å². The zero-order valence-electron chi connectivity index (χ0n) is 13.7. The lowest BCUT2D eigenvalue weighted by molar-refractivity contribution is 0.0731. The van der Waals surface area contributed by atoms with Gasteiger partial charge in [-0.25, -0.2) is 0 Å². The van der Waals surface area contributed by atoms with Crippen LogP contribution in [0.1, 0.15) is 71.1 Å². The van der Waals surface area contributed by atoms with Crippen LogP contribution in [-0.2, 0) is 0 Å². The quantitative estimate of drug-likeness (QED) is 0.795. The van der Waals surface area contributed by atoms with E-state index in [4.69, 9.17) is 0 Å². The van der Waals surface area contributed by atoms with Gasteiger partial charge in [0.2, 0.25) is 0 Å². The summed E-state index contributed by atoms with van der Waals surface area (Å²) in [6.45, 7) is 5.08. The summed E-state index contributed by atoms with van der Waals surface area (Å²) >= 11 is 0. The van der Waals surface area contributed by atoms with Gasteiger partial charge in [0, 0.05) is 25.2 Å². The van der Waals surface area contributed by atoms with Crippen molar-refractivity contribution in [1.29, 1.82) is 0 Å². The standard InChI is InChI=1S/C18H34N2/c1-15-6-5-11-18(12-15,13-19-16-9-10-16)14-20(2)17-7-3-4-8-17/h15-17,19H,3-14H2,1-2H3. The Bertz CT molecular complexity index is 307. The minimum absolute atomic E-state index is 0.567. The largest absolute Gasteiger partial charge is 0.313 e. The van der Waals surface area contributed by atoms with Gasteiger partial charge in [-0.15, -0.1) is 0 Å². The smallest absolute Gasteiger partial charge is 0.00924 e. The summed E-state index contributed by atoms with van der Waals surface area (Å²) in [5.74, 6) is 0.932. The first kappa shape index (κ1) is 14.8. The molecule has 20 heavy (non-hydrogen) atoms. The Labute approximate surface area is 125 Å². The fraction of sp³-hybridized carbons (Fsp3) is 1.00. The lowest BCUT2D eigenvalue weighted by atomic mass is 9.69. The first-order chi connectivity index (χ1) is 9.67. The van der Waals surface area contributed by atoms with Gasteiger partial charge in [-0.1, -0.05) is 32.6 Å². The second kappa shape index (κ2) is 6.36. The van der Waals surface area contributed by atoms with Crippen molar-refractivity contribution in [3.05, 3.63) is 0 Å². The predicted molar refractivity (Wildman–Crippen MR) is 86.0 cm³/mol. The average molecular weight is 278 g/mol.